The standard InChI is InChI=1S/C16H23ClN2/c1-18-11-13-5-3-9-19(15-7-8-15)16(13)12-4-2-6-14(17)10-12/h2,4,6,10,13,15-16,18H,3,5,7-9,11H2,1H3. The Balaban J connectivity index is 1.89. The van der Waals surface area contributed by atoms with Crippen LogP contribution < -0.4 is 5.32 Å². The van der Waals surface area contributed by atoms with E-state index in [1.54, 1.807) is 0 Å². The van der Waals surface area contributed by atoms with Crippen LogP contribution in [0.15, 0.2) is 24.3 Å². The molecular weight excluding hydrogens is 256 g/mol. The number of rotatable bonds is 4. The molecule has 0 bridgehead atoms. The fourth-order valence-electron chi connectivity index (χ4n) is 3.55. The largest absolute Gasteiger partial charge is 0.319 e. The number of likely N-dealkylation sites (tertiary alicyclic amines) is 1. The summed E-state index contributed by atoms with van der Waals surface area (Å²) in [4.78, 5) is 2.73. The number of nitrogens with one attached hydrogen (secondary N) is 1. The predicted octanol–water partition coefficient (Wildman–Crippen LogP) is 3.47. The van der Waals surface area contributed by atoms with Gasteiger partial charge in [-0.05, 0) is 69.4 Å². The second-order valence-electron chi connectivity index (χ2n) is 5.93. The van der Waals surface area contributed by atoms with E-state index in [1.165, 1.54) is 37.8 Å². The Kier molecular flexibility index (Phi) is 4.11. The topological polar surface area (TPSA) is 15.3 Å². The minimum absolute atomic E-state index is 0.549. The van der Waals surface area contributed by atoms with Gasteiger partial charge in [-0.15, -0.1) is 0 Å². The lowest BCUT2D eigenvalue weighted by Crippen LogP contribution is -2.43. The summed E-state index contributed by atoms with van der Waals surface area (Å²) in [7, 11) is 2.06. The van der Waals surface area contributed by atoms with Crippen molar-refractivity contribution in [2.45, 2.75) is 37.8 Å². The van der Waals surface area contributed by atoms with Crippen LogP contribution in [0.4, 0.5) is 0 Å². The third-order valence-corrected chi connectivity index (χ3v) is 4.70. The molecule has 2 unspecified atom stereocenters. The fraction of sp³-hybridized carbons (Fsp3) is 0.625. The number of benzene rings is 1. The first kappa shape index (κ1) is 13.4. The van der Waals surface area contributed by atoms with Gasteiger partial charge in [-0.25, -0.2) is 0 Å². The molecule has 0 aromatic heterocycles. The Morgan fingerprint density at radius 3 is 2.84 bits per heavy atom. The fourth-order valence-corrected chi connectivity index (χ4v) is 3.75. The van der Waals surface area contributed by atoms with Gasteiger partial charge in [0.25, 0.3) is 0 Å². The maximum atomic E-state index is 6.20. The van der Waals surface area contributed by atoms with Gasteiger partial charge in [0, 0.05) is 17.1 Å². The summed E-state index contributed by atoms with van der Waals surface area (Å²) in [6.45, 7) is 2.35. The highest BCUT2D eigenvalue weighted by atomic mass is 35.5. The molecule has 0 spiro atoms. The van der Waals surface area contributed by atoms with E-state index in [0.29, 0.717) is 12.0 Å². The van der Waals surface area contributed by atoms with Gasteiger partial charge in [0.2, 0.25) is 0 Å². The molecule has 1 aliphatic heterocycles. The van der Waals surface area contributed by atoms with Crippen molar-refractivity contribution < 1.29 is 0 Å². The van der Waals surface area contributed by atoms with E-state index in [0.717, 1.165) is 17.6 Å². The van der Waals surface area contributed by atoms with Crippen molar-refractivity contribution in [2.24, 2.45) is 5.92 Å². The molecule has 2 fully saturated rings. The molecule has 1 aromatic carbocycles. The van der Waals surface area contributed by atoms with Crippen LogP contribution in [0.25, 0.3) is 0 Å². The second-order valence-corrected chi connectivity index (χ2v) is 6.37. The van der Waals surface area contributed by atoms with Crippen molar-refractivity contribution in [3.05, 3.63) is 34.9 Å². The molecule has 1 aliphatic carbocycles. The van der Waals surface area contributed by atoms with Gasteiger partial charge in [-0.2, -0.15) is 0 Å². The number of nitrogens with zero attached hydrogens (tertiary/aromatic N) is 1. The molecule has 3 heteroatoms. The average Bonchev–Trinajstić information content (AvgIpc) is 3.23. The summed E-state index contributed by atoms with van der Waals surface area (Å²) in [5, 5.41) is 4.23. The third-order valence-electron chi connectivity index (χ3n) is 4.47. The predicted molar refractivity (Wildman–Crippen MR) is 80.6 cm³/mol. The molecule has 1 saturated carbocycles. The molecule has 2 nitrogen and oxygen atoms in total. The maximum absolute atomic E-state index is 6.20. The van der Waals surface area contributed by atoms with Crippen LogP contribution in [0.3, 0.4) is 0 Å². The molecule has 104 valence electrons. The number of hydrogen-bond donors (Lipinski definition) is 1. The maximum Gasteiger partial charge on any atom is 0.0409 e. The van der Waals surface area contributed by atoms with E-state index >= 15 is 0 Å². The normalized spacial score (nSPS) is 28.5. The Hall–Kier alpha value is -0.570. The minimum Gasteiger partial charge on any atom is -0.319 e. The van der Waals surface area contributed by atoms with Crippen LogP contribution in [0, 0.1) is 5.92 Å². The van der Waals surface area contributed by atoms with Crippen LogP contribution in [-0.4, -0.2) is 31.1 Å². The molecule has 0 radical (unpaired) electrons. The SMILES string of the molecule is CNCC1CCCN(C2CC2)C1c1cccc(Cl)c1. The zero-order valence-corrected chi connectivity index (χ0v) is 12.4. The van der Waals surface area contributed by atoms with Crippen LogP contribution >= 0.6 is 11.6 Å². The lowest BCUT2D eigenvalue weighted by molar-refractivity contribution is 0.0845. The smallest absolute Gasteiger partial charge is 0.0409 e. The van der Waals surface area contributed by atoms with Crippen LogP contribution in [0.1, 0.15) is 37.3 Å². The quantitative estimate of drug-likeness (QED) is 0.907. The van der Waals surface area contributed by atoms with Crippen molar-refractivity contribution in [3.63, 3.8) is 0 Å². The number of piperidine rings is 1. The van der Waals surface area contributed by atoms with E-state index < -0.39 is 0 Å². The number of hydrogen-bond acceptors (Lipinski definition) is 2. The zero-order valence-electron chi connectivity index (χ0n) is 11.6. The molecule has 19 heavy (non-hydrogen) atoms. The highest BCUT2D eigenvalue weighted by molar-refractivity contribution is 6.30. The van der Waals surface area contributed by atoms with Gasteiger partial charge < -0.3 is 5.32 Å². The molecule has 1 aromatic rings. The summed E-state index contributed by atoms with van der Waals surface area (Å²) in [5.41, 5.74) is 1.40. The Morgan fingerprint density at radius 1 is 1.32 bits per heavy atom. The van der Waals surface area contributed by atoms with E-state index in [1.807, 2.05) is 6.07 Å². The van der Waals surface area contributed by atoms with E-state index in [-0.39, 0.29) is 0 Å². The Labute approximate surface area is 121 Å². The first-order valence-electron chi connectivity index (χ1n) is 7.45. The molecule has 2 atom stereocenters. The lowest BCUT2D eigenvalue weighted by Gasteiger charge is -2.42. The molecular formula is C16H23ClN2. The molecule has 2 aliphatic rings. The van der Waals surface area contributed by atoms with Crippen molar-refractivity contribution in [1.82, 2.24) is 10.2 Å². The highest BCUT2D eigenvalue weighted by Crippen LogP contribution is 2.42. The van der Waals surface area contributed by atoms with Crippen LogP contribution in [0.5, 0.6) is 0 Å². The third kappa shape index (κ3) is 2.96. The summed E-state index contributed by atoms with van der Waals surface area (Å²) in [5.74, 6) is 0.706. The van der Waals surface area contributed by atoms with Crippen molar-refractivity contribution in [3.8, 4) is 0 Å². The summed E-state index contributed by atoms with van der Waals surface area (Å²) in [6, 6.07) is 9.85. The van der Waals surface area contributed by atoms with E-state index in [2.05, 4.69) is 35.5 Å². The molecule has 1 heterocycles. The summed E-state index contributed by atoms with van der Waals surface area (Å²) >= 11 is 6.20. The minimum atomic E-state index is 0.549. The molecule has 3 rings (SSSR count). The average molecular weight is 279 g/mol. The van der Waals surface area contributed by atoms with Gasteiger partial charge >= 0.3 is 0 Å². The van der Waals surface area contributed by atoms with Crippen molar-refractivity contribution in [1.29, 1.82) is 0 Å². The summed E-state index contributed by atoms with van der Waals surface area (Å²) < 4.78 is 0. The molecule has 1 saturated heterocycles. The zero-order chi connectivity index (χ0) is 13.2. The summed E-state index contributed by atoms with van der Waals surface area (Å²) in [6.07, 6.45) is 5.41. The van der Waals surface area contributed by atoms with Gasteiger partial charge in [0.05, 0.1) is 0 Å². The molecule has 0 amide bonds. The van der Waals surface area contributed by atoms with Gasteiger partial charge in [-0.1, -0.05) is 23.7 Å². The van der Waals surface area contributed by atoms with E-state index in [4.69, 9.17) is 11.6 Å². The van der Waals surface area contributed by atoms with Crippen LogP contribution in [0.2, 0.25) is 5.02 Å². The Bertz CT molecular complexity index is 429. The highest BCUT2D eigenvalue weighted by Gasteiger charge is 2.40. The number of halogens is 1. The first-order valence-corrected chi connectivity index (χ1v) is 7.83. The first-order chi connectivity index (χ1) is 9.29. The second kappa shape index (κ2) is 5.82. The van der Waals surface area contributed by atoms with Crippen LogP contribution in [-0.2, 0) is 0 Å². The van der Waals surface area contributed by atoms with Crippen molar-refractivity contribution >= 4 is 11.6 Å². The molecule has 1 N–H and O–H groups in total. The lowest BCUT2D eigenvalue weighted by atomic mass is 9.84. The van der Waals surface area contributed by atoms with Gasteiger partial charge in [-0.3, -0.25) is 4.90 Å². The Morgan fingerprint density at radius 2 is 2.16 bits per heavy atom. The van der Waals surface area contributed by atoms with E-state index in [9.17, 15) is 0 Å². The monoisotopic (exact) mass is 278 g/mol. The van der Waals surface area contributed by atoms with Crippen molar-refractivity contribution in [2.75, 3.05) is 20.1 Å². The van der Waals surface area contributed by atoms with Gasteiger partial charge in [0.1, 0.15) is 0 Å². The van der Waals surface area contributed by atoms with Gasteiger partial charge in [0.15, 0.2) is 0 Å².